The minimum atomic E-state index is -0.470. The molecule has 0 aliphatic rings. The van der Waals surface area contributed by atoms with Crippen molar-refractivity contribution in [2.45, 2.75) is 13.5 Å². The summed E-state index contributed by atoms with van der Waals surface area (Å²) in [6.45, 7) is 1.87. The van der Waals surface area contributed by atoms with E-state index in [-0.39, 0.29) is 18.2 Å². The first-order chi connectivity index (χ1) is 10.1. The van der Waals surface area contributed by atoms with Crippen LogP contribution < -0.4 is 4.74 Å². The molecule has 0 radical (unpaired) electrons. The van der Waals surface area contributed by atoms with Crippen LogP contribution in [0.5, 0.6) is 5.75 Å². The van der Waals surface area contributed by atoms with Gasteiger partial charge >= 0.3 is 0 Å². The summed E-state index contributed by atoms with van der Waals surface area (Å²) in [5.41, 5.74) is 2.28. The van der Waals surface area contributed by atoms with Crippen molar-refractivity contribution < 1.29 is 14.2 Å². The van der Waals surface area contributed by atoms with Crippen molar-refractivity contribution >= 4 is 11.6 Å². The van der Waals surface area contributed by atoms with Gasteiger partial charge in [0.2, 0.25) is 0 Å². The van der Waals surface area contributed by atoms with Crippen LogP contribution >= 0.6 is 11.6 Å². The summed E-state index contributed by atoms with van der Waals surface area (Å²) >= 11 is 5.89. The topological polar surface area (TPSA) is 29.5 Å². The second-order valence-electron chi connectivity index (χ2n) is 4.46. The predicted octanol–water partition coefficient (Wildman–Crippen LogP) is 3.71. The van der Waals surface area contributed by atoms with E-state index in [1.54, 1.807) is 18.2 Å². The van der Waals surface area contributed by atoms with E-state index in [0.717, 1.165) is 5.56 Å². The van der Waals surface area contributed by atoms with Gasteiger partial charge in [0.1, 0.15) is 24.8 Å². The third-order valence-electron chi connectivity index (χ3n) is 2.85. The van der Waals surface area contributed by atoms with Gasteiger partial charge in [-0.25, -0.2) is 4.39 Å². The van der Waals surface area contributed by atoms with Crippen LogP contribution in [0.1, 0.15) is 16.7 Å². The zero-order valence-electron chi connectivity index (χ0n) is 11.5. The van der Waals surface area contributed by atoms with E-state index >= 15 is 0 Å². The highest BCUT2D eigenvalue weighted by molar-refractivity contribution is 6.31. The molecule has 4 heteroatoms. The van der Waals surface area contributed by atoms with E-state index in [0.29, 0.717) is 16.9 Å². The predicted molar refractivity (Wildman–Crippen MR) is 80.9 cm³/mol. The van der Waals surface area contributed by atoms with Crippen molar-refractivity contribution in [3.8, 4) is 17.6 Å². The SMILES string of the molecule is Cc1ccc(OCc2cccc(F)c2Cl)c(C#CCO)c1. The number of aliphatic hydroxyl groups excluding tert-OH is 1. The van der Waals surface area contributed by atoms with Crippen molar-refractivity contribution in [2.75, 3.05) is 6.61 Å². The molecule has 2 aromatic carbocycles. The van der Waals surface area contributed by atoms with Gasteiger partial charge in [0.25, 0.3) is 0 Å². The lowest BCUT2D eigenvalue weighted by Crippen LogP contribution is -1.99. The van der Waals surface area contributed by atoms with Gasteiger partial charge < -0.3 is 9.84 Å². The number of ether oxygens (including phenoxy) is 1. The molecule has 0 aliphatic carbocycles. The van der Waals surface area contributed by atoms with Crippen LogP contribution in [0, 0.1) is 24.6 Å². The lowest BCUT2D eigenvalue weighted by Gasteiger charge is -2.10. The Hall–Kier alpha value is -2.02. The van der Waals surface area contributed by atoms with Gasteiger partial charge in [0, 0.05) is 5.56 Å². The van der Waals surface area contributed by atoms with Gasteiger partial charge in [-0.2, -0.15) is 0 Å². The average molecular weight is 305 g/mol. The molecular weight excluding hydrogens is 291 g/mol. The Bertz CT molecular complexity index is 702. The molecule has 0 atom stereocenters. The zero-order valence-corrected chi connectivity index (χ0v) is 12.2. The highest BCUT2D eigenvalue weighted by Crippen LogP contribution is 2.24. The molecular formula is C17H14ClFO2. The number of benzene rings is 2. The molecule has 0 fully saturated rings. The summed E-state index contributed by atoms with van der Waals surface area (Å²) in [5, 5.41) is 8.85. The van der Waals surface area contributed by atoms with Crippen molar-refractivity contribution in [3.63, 3.8) is 0 Å². The minimum absolute atomic E-state index is 0.0626. The van der Waals surface area contributed by atoms with Crippen molar-refractivity contribution in [3.05, 3.63) is 63.9 Å². The first-order valence-electron chi connectivity index (χ1n) is 6.38. The Morgan fingerprint density at radius 1 is 1.29 bits per heavy atom. The van der Waals surface area contributed by atoms with Crippen molar-refractivity contribution in [2.24, 2.45) is 0 Å². The van der Waals surface area contributed by atoms with E-state index in [1.165, 1.54) is 6.07 Å². The Morgan fingerprint density at radius 3 is 2.86 bits per heavy atom. The van der Waals surface area contributed by atoms with Crippen molar-refractivity contribution in [1.82, 2.24) is 0 Å². The fourth-order valence-corrected chi connectivity index (χ4v) is 2.00. The number of hydrogen-bond acceptors (Lipinski definition) is 2. The number of hydrogen-bond donors (Lipinski definition) is 1. The maximum atomic E-state index is 13.4. The standard InChI is InChI=1S/C17H14ClFO2/c1-12-7-8-16(13(10-12)5-3-9-20)21-11-14-4-2-6-15(19)17(14)18/h2,4,6-8,10,20H,9,11H2,1H3. The van der Waals surface area contributed by atoms with E-state index in [4.69, 9.17) is 21.4 Å². The third kappa shape index (κ3) is 3.98. The molecule has 0 spiro atoms. The van der Waals surface area contributed by atoms with Gasteiger partial charge in [-0.1, -0.05) is 41.6 Å². The Labute approximate surface area is 128 Å². The second kappa shape index (κ2) is 7.12. The third-order valence-corrected chi connectivity index (χ3v) is 3.28. The summed E-state index contributed by atoms with van der Waals surface area (Å²) < 4.78 is 19.0. The maximum absolute atomic E-state index is 13.4. The molecule has 0 saturated carbocycles. The smallest absolute Gasteiger partial charge is 0.142 e. The van der Waals surface area contributed by atoms with Gasteiger partial charge in [0.15, 0.2) is 0 Å². The molecule has 108 valence electrons. The summed E-state index contributed by atoms with van der Waals surface area (Å²) in [6.07, 6.45) is 0. The van der Waals surface area contributed by atoms with E-state index in [9.17, 15) is 4.39 Å². The minimum Gasteiger partial charge on any atom is -0.488 e. The van der Waals surface area contributed by atoms with Crippen LogP contribution in [0.4, 0.5) is 4.39 Å². The van der Waals surface area contributed by atoms with Crippen LogP contribution in [0.15, 0.2) is 36.4 Å². The number of rotatable bonds is 3. The molecule has 0 unspecified atom stereocenters. The Kier molecular flexibility index (Phi) is 5.21. The van der Waals surface area contributed by atoms with Crippen molar-refractivity contribution in [1.29, 1.82) is 0 Å². The maximum Gasteiger partial charge on any atom is 0.142 e. The molecule has 0 heterocycles. The Morgan fingerprint density at radius 2 is 2.10 bits per heavy atom. The van der Waals surface area contributed by atoms with Crippen LogP contribution in [-0.4, -0.2) is 11.7 Å². The van der Waals surface area contributed by atoms with E-state index in [2.05, 4.69) is 11.8 Å². The molecule has 0 saturated heterocycles. The summed E-state index contributed by atoms with van der Waals surface area (Å²) in [7, 11) is 0. The number of aliphatic hydroxyl groups is 1. The van der Waals surface area contributed by atoms with Gasteiger partial charge in [0.05, 0.1) is 10.6 Å². The van der Waals surface area contributed by atoms with Crippen LogP contribution in [0.3, 0.4) is 0 Å². The lowest BCUT2D eigenvalue weighted by atomic mass is 10.1. The van der Waals surface area contributed by atoms with Crippen LogP contribution in [0.25, 0.3) is 0 Å². The summed E-state index contributed by atoms with van der Waals surface area (Å²) in [5.74, 6) is 5.53. The molecule has 2 aromatic rings. The molecule has 0 aliphatic heterocycles. The normalized spacial score (nSPS) is 9.90. The van der Waals surface area contributed by atoms with Crippen LogP contribution in [-0.2, 0) is 6.61 Å². The fraction of sp³-hybridized carbons (Fsp3) is 0.176. The molecule has 2 nitrogen and oxygen atoms in total. The monoisotopic (exact) mass is 304 g/mol. The highest BCUT2D eigenvalue weighted by Gasteiger charge is 2.08. The number of aryl methyl sites for hydroxylation is 1. The first-order valence-corrected chi connectivity index (χ1v) is 6.75. The first kappa shape index (κ1) is 15.4. The molecule has 0 amide bonds. The van der Waals surface area contributed by atoms with Gasteiger partial charge in [-0.15, -0.1) is 0 Å². The quantitative estimate of drug-likeness (QED) is 0.876. The summed E-state index contributed by atoms with van der Waals surface area (Å²) in [4.78, 5) is 0. The molecule has 0 aromatic heterocycles. The van der Waals surface area contributed by atoms with Gasteiger partial charge in [-0.05, 0) is 30.7 Å². The second-order valence-corrected chi connectivity index (χ2v) is 4.84. The highest BCUT2D eigenvalue weighted by atomic mass is 35.5. The van der Waals surface area contributed by atoms with Gasteiger partial charge in [-0.3, -0.25) is 0 Å². The van der Waals surface area contributed by atoms with E-state index < -0.39 is 5.82 Å². The fourth-order valence-electron chi connectivity index (χ4n) is 1.82. The van der Waals surface area contributed by atoms with Crippen LogP contribution in [0.2, 0.25) is 5.02 Å². The lowest BCUT2D eigenvalue weighted by molar-refractivity contribution is 0.305. The summed E-state index contributed by atoms with van der Waals surface area (Å²) in [6, 6.07) is 10.2. The molecule has 21 heavy (non-hydrogen) atoms. The average Bonchev–Trinajstić information content (AvgIpc) is 2.48. The number of halogens is 2. The molecule has 2 rings (SSSR count). The zero-order chi connectivity index (χ0) is 15.2. The van der Waals surface area contributed by atoms with E-state index in [1.807, 2.05) is 19.1 Å². The molecule has 0 bridgehead atoms. The Balaban J connectivity index is 2.22. The molecule has 1 N–H and O–H groups in total. The largest absolute Gasteiger partial charge is 0.488 e.